The van der Waals surface area contributed by atoms with E-state index in [1.54, 1.807) is 13.8 Å². The van der Waals surface area contributed by atoms with Crippen LogP contribution >= 0.6 is 27.5 Å². The van der Waals surface area contributed by atoms with E-state index in [-0.39, 0.29) is 32.4 Å². The molecule has 21 heavy (non-hydrogen) atoms. The molecule has 6 nitrogen and oxygen atoms in total. The topological polar surface area (TPSA) is 104 Å². The van der Waals surface area contributed by atoms with Gasteiger partial charge in [0.2, 0.25) is 10.0 Å². The smallest absolute Gasteiger partial charge is 0.337 e. The van der Waals surface area contributed by atoms with Crippen molar-refractivity contribution in [2.24, 2.45) is 5.92 Å². The highest BCUT2D eigenvalue weighted by Crippen LogP contribution is 2.29. The molecule has 118 valence electrons. The maximum atomic E-state index is 12.1. The van der Waals surface area contributed by atoms with Gasteiger partial charge in [-0.15, -0.1) is 0 Å². The fraction of sp³-hybridized carbons (Fsp3) is 0.417. The number of benzene rings is 1. The first-order valence-corrected chi connectivity index (χ1v) is 8.61. The van der Waals surface area contributed by atoms with E-state index >= 15 is 0 Å². The molecule has 9 heteroatoms. The Bertz CT molecular complexity index is 647. The lowest BCUT2D eigenvalue weighted by atomic mass is 10.1. The number of halogens is 2. The van der Waals surface area contributed by atoms with Crippen LogP contribution in [0.5, 0.6) is 0 Å². The molecule has 1 aromatic rings. The summed E-state index contributed by atoms with van der Waals surface area (Å²) in [5, 5.41) is 18.6. The lowest BCUT2D eigenvalue weighted by Gasteiger charge is -2.15. The number of aliphatic hydroxyl groups excluding tert-OH is 1. The van der Waals surface area contributed by atoms with Gasteiger partial charge in [-0.05, 0) is 34.0 Å². The minimum Gasteiger partial charge on any atom is -0.478 e. The van der Waals surface area contributed by atoms with Crippen molar-refractivity contribution in [2.75, 3.05) is 6.54 Å². The summed E-state index contributed by atoms with van der Waals surface area (Å²) < 4.78 is 26.6. The molecule has 0 aliphatic heterocycles. The molecule has 0 saturated heterocycles. The molecule has 0 amide bonds. The van der Waals surface area contributed by atoms with Gasteiger partial charge in [-0.2, -0.15) is 0 Å². The van der Waals surface area contributed by atoms with Crippen molar-refractivity contribution in [3.8, 4) is 0 Å². The third-order valence-corrected chi connectivity index (χ3v) is 5.46. The van der Waals surface area contributed by atoms with Crippen LogP contribution in [-0.4, -0.2) is 37.2 Å². The number of carboxylic acids is 1. The second-order valence-electron chi connectivity index (χ2n) is 4.74. The van der Waals surface area contributed by atoms with Crippen molar-refractivity contribution in [3.05, 3.63) is 27.2 Å². The molecule has 0 radical (unpaired) electrons. The van der Waals surface area contributed by atoms with Crippen molar-refractivity contribution >= 4 is 43.5 Å². The SMILES string of the molecule is CC(C)C(O)CNS(=O)(=O)c1cc(Br)c(Cl)c(C(=O)O)c1. The maximum Gasteiger partial charge on any atom is 0.337 e. The van der Waals surface area contributed by atoms with E-state index < -0.39 is 22.1 Å². The number of hydrogen-bond acceptors (Lipinski definition) is 4. The van der Waals surface area contributed by atoms with Crippen molar-refractivity contribution in [2.45, 2.75) is 24.8 Å². The van der Waals surface area contributed by atoms with E-state index in [2.05, 4.69) is 20.7 Å². The van der Waals surface area contributed by atoms with Gasteiger partial charge in [-0.3, -0.25) is 0 Å². The van der Waals surface area contributed by atoms with Gasteiger partial charge in [0, 0.05) is 11.0 Å². The van der Waals surface area contributed by atoms with Crippen LogP contribution in [0.3, 0.4) is 0 Å². The summed E-state index contributed by atoms with van der Waals surface area (Å²) >= 11 is 8.82. The average Bonchev–Trinajstić information content (AvgIpc) is 2.38. The quantitative estimate of drug-likeness (QED) is 0.678. The predicted octanol–water partition coefficient (Wildman–Crippen LogP) is 2.10. The van der Waals surface area contributed by atoms with Crippen LogP contribution < -0.4 is 4.72 Å². The molecule has 0 spiro atoms. The molecule has 1 rings (SSSR count). The van der Waals surface area contributed by atoms with Gasteiger partial charge in [0.1, 0.15) is 0 Å². The van der Waals surface area contributed by atoms with Crippen LogP contribution in [0.4, 0.5) is 0 Å². The summed E-state index contributed by atoms with van der Waals surface area (Å²) in [6, 6.07) is 2.18. The molecule has 0 fully saturated rings. The van der Waals surface area contributed by atoms with Crippen LogP contribution in [0.25, 0.3) is 0 Å². The number of hydrogen-bond donors (Lipinski definition) is 3. The van der Waals surface area contributed by atoms with Crippen molar-refractivity contribution < 1.29 is 23.4 Å². The summed E-state index contributed by atoms with van der Waals surface area (Å²) in [7, 11) is -3.95. The summed E-state index contributed by atoms with van der Waals surface area (Å²) in [4.78, 5) is 10.8. The van der Waals surface area contributed by atoms with Crippen molar-refractivity contribution in [3.63, 3.8) is 0 Å². The van der Waals surface area contributed by atoms with Crippen LogP contribution in [-0.2, 0) is 10.0 Å². The fourth-order valence-corrected chi connectivity index (χ4v) is 3.29. The third kappa shape index (κ3) is 4.65. The first-order chi connectivity index (χ1) is 9.56. The number of carboxylic acid groups (broad SMARTS) is 1. The van der Waals surface area contributed by atoms with E-state index in [1.165, 1.54) is 6.07 Å². The Kier molecular flexibility index (Phi) is 6.18. The summed E-state index contributed by atoms with van der Waals surface area (Å²) in [5.41, 5.74) is -0.323. The Hall–Kier alpha value is -0.670. The summed E-state index contributed by atoms with van der Waals surface area (Å²) in [5.74, 6) is -1.45. The first kappa shape index (κ1) is 18.4. The van der Waals surface area contributed by atoms with Crippen molar-refractivity contribution in [1.29, 1.82) is 0 Å². The van der Waals surface area contributed by atoms with E-state index in [1.807, 2.05) is 0 Å². The number of sulfonamides is 1. The number of aliphatic hydroxyl groups is 1. The number of rotatable bonds is 6. The first-order valence-electron chi connectivity index (χ1n) is 5.96. The molecular weight excluding hydrogens is 386 g/mol. The van der Waals surface area contributed by atoms with E-state index in [4.69, 9.17) is 16.7 Å². The molecule has 3 N–H and O–H groups in total. The van der Waals surface area contributed by atoms with Crippen molar-refractivity contribution in [1.82, 2.24) is 4.72 Å². The van der Waals surface area contributed by atoms with Crippen LogP contribution in [0.15, 0.2) is 21.5 Å². The second kappa shape index (κ2) is 7.06. The Balaban J connectivity index is 3.12. The molecular formula is C12H15BrClNO5S. The predicted molar refractivity (Wildman–Crippen MR) is 82.1 cm³/mol. The minimum atomic E-state index is -3.95. The van der Waals surface area contributed by atoms with Gasteiger partial charge in [0.25, 0.3) is 0 Å². The van der Waals surface area contributed by atoms with Gasteiger partial charge in [0.05, 0.1) is 21.6 Å². The Labute approximate surface area is 136 Å². The largest absolute Gasteiger partial charge is 0.478 e. The molecule has 1 unspecified atom stereocenters. The zero-order valence-corrected chi connectivity index (χ0v) is 14.5. The molecule has 1 atom stereocenters. The Morgan fingerprint density at radius 2 is 2.00 bits per heavy atom. The van der Waals surface area contributed by atoms with E-state index in [0.29, 0.717) is 0 Å². The third-order valence-electron chi connectivity index (χ3n) is 2.79. The molecule has 1 aromatic carbocycles. The molecule has 0 aromatic heterocycles. The maximum absolute atomic E-state index is 12.1. The number of carbonyl (C=O) groups is 1. The number of aromatic carboxylic acids is 1. The fourth-order valence-electron chi connectivity index (χ4n) is 1.39. The normalized spacial score (nSPS) is 13.4. The Morgan fingerprint density at radius 1 is 1.43 bits per heavy atom. The van der Waals surface area contributed by atoms with Gasteiger partial charge in [-0.25, -0.2) is 17.9 Å². The lowest BCUT2D eigenvalue weighted by molar-refractivity contribution is 0.0696. The van der Waals surface area contributed by atoms with Gasteiger partial charge in [0.15, 0.2) is 0 Å². The molecule has 0 heterocycles. The molecule has 0 aliphatic rings. The molecule has 0 saturated carbocycles. The van der Waals surface area contributed by atoms with Gasteiger partial charge >= 0.3 is 5.97 Å². The second-order valence-corrected chi connectivity index (χ2v) is 7.73. The average molecular weight is 401 g/mol. The van der Waals surface area contributed by atoms with Crippen LogP contribution in [0.1, 0.15) is 24.2 Å². The minimum absolute atomic E-state index is 0.0799. The number of nitrogens with one attached hydrogen (secondary N) is 1. The highest BCUT2D eigenvalue weighted by molar-refractivity contribution is 9.10. The highest BCUT2D eigenvalue weighted by Gasteiger charge is 2.22. The zero-order valence-electron chi connectivity index (χ0n) is 11.3. The molecule has 0 bridgehead atoms. The summed E-state index contributed by atoms with van der Waals surface area (Å²) in [6.45, 7) is 3.34. The van der Waals surface area contributed by atoms with Crippen LogP contribution in [0.2, 0.25) is 5.02 Å². The monoisotopic (exact) mass is 399 g/mol. The summed E-state index contributed by atoms with van der Waals surface area (Å²) in [6.07, 6.45) is -0.838. The van der Waals surface area contributed by atoms with Crippen LogP contribution in [0, 0.1) is 5.92 Å². The Morgan fingerprint density at radius 3 is 2.48 bits per heavy atom. The zero-order chi connectivity index (χ0) is 16.4. The van der Waals surface area contributed by atoms with Gasteiger partial charge < -0.3 is 10.2 Å². The van der Waals surface area contributed by atoms with Gasteiger partial charge in [-0.1, -0.05) is 25.4 Å². The molecule has 0 aliphatic carbocycles. The standard InChI is InChI=1S/C12H15BrClNO5S/c1-6(2)10(16)5-15-21(19,20)7-3-8(12(17)18)11(14)9(13)4-7/h3-4,6,10,15-16H,5H2,1-2H3,(H,17,18). The lowest BCUT2D eigenvalue weighted by Crippen LogP contribution is -2.34. The van der Waals surface area contributed by atoms with E-state index in [0.717, 1.165) is 6.07 Å². The highest BCUT2D eigenvalue weighted by atomic mass is 79.9. The van der Waals surface area contributed by atoms with E-state index in [9.17, 15) is 18.3 Å².